The number of aromatic amines is 1. The number of aromatic nitrogens is 6. The summed E-state index contributed by atoms with van der Waals surface area (Å²) in [6.45, 7) is 5.69. The summed E-state index contributed by atoms with van der Waals surface area (Å²) < 4.78 is 1.43. The predicted octanol–water partition coefficient (Wildman–Crippen LogP) is 1.07. The van der Waals surface area contributed by atoms with Crippen molar-refractivity contribution in [2.45, 2.75) is 6.92 Å². The third-order valence-electron chi connectivity index (χ3n) is 2.73. The van der Waals surface area contributed by atoms with Crippen molar-refractivity contribution in [3.05, 3.63) is 30.4 Å². The molecule has 0 atom stereocenters. The monoisotopic (exact) mass is 241 g/mol. The average Bonchev–Trinajstić information content (AvgIpc) is 2.94. The van der Waals surface area contributed by atoms with Gasteiger partial charge in [-0.3, -0.25) is 4.98 Å². The van der Waals surface area contributed by atoms with Crippen LogP contribution >= 0.6 is 0 Å². The second kappa shape index (κ2) is 3.66. The molecule has 0 aliphatic rings. The largest absolute Gasteiger partial charge is 0.368 e. The molecule has 7 nitrogen and oxygen atoms in total. The Labute approximate surface area is 102 Å². The van der Waals surface area contributed by atoms with Crippen LogP contribution in [0.5, 0.6) is 0 Å². The molecule has 7 heteroatoms. The Hall–Kier alpha value is -2.70. The number of fused-ring (bicyclic) bond motifs is 1. The van der Waals surface area contributed by atoms with Crippen molar-refractivity contribution < 1.29 is 0 Å². The van der Waals surface area contributed by atoms with Crippen molar-refractivity contribution in [2.24, 2.45) is 0 Å². The summed E-state index contributed by atoms with van der Waals surface area (Å²) >= 11 is 0. The SMILES string of the molecule is C=Cc1c(C)ncc2[nH]c(-n3ncnc3N)nc12. The van der Waals surface area contributed by atoms with Gasteiger partial charge in [-0.1, -0.05) is 12.7 Å². The van der Waals surface area contributed by atoms with Crippen LogP contribution in [-0.4, -0.2) is 29.7 Å². The van der Waals surface area contributed by atoms with Gasteiger partial charge in [-0.15, -0.1) is 0 Å². The van der Waals surface area contributed by atoms with Crippen molar-refractivity contribution in [3.63, 3.8) is 0 Å². The van der Waals surface area contributed by atoms with Gasteiger partial charge in [0.2, 0.25) is 11.9 Å². The summed E-state index contributed by atoms with van der Waals surface area (Å²) in [5.74, 6) is 0.786. The van der Waals surface area contributed by atoms with Crippen LogP contribution in [0, 0.1) is 6.92 Å². The number of H-pyrrole nitrogens is 1. The van der Waals surface area contributed by atoms with E-state index in [2.05, 4.69) is 31.6 Å². The second-order valence-corrected chi connectivity index (χ2v) is 3.81. The van der Waals surface area contributed by atoms with E-state index in [-0.39, 0.29) is 5.95 Å². The fourth-order valence-corrected chi connectivity index (χ4v) is 1.83. The maximum absolute atomic E-state index is 5.69. The third-order valence-corrected chi connectivity index (χ3v) is 2.73. The van der Waals surface area contributed by atoms with Crippen molar-refractivity contribution >= 4 is 23.1 Å². The van der Waals surface area contributed by atoms with Gasteiger partial charge in [0.1, 0.15) is 11.8 Å². The van der Waals surface area contributed by atoms with Crippen LogP contribution in [0.15, 0.2) is 19.1 Å². The number of hydrogen-bond donors (Lipinski definition) is 2. The Morgan fingerprint density at radius 2 is 2.28 bits per heavy atom. The normalized spacial score (nSPS) is 10.9. The number of imidazole rings is 1. The molecule has 0 aromatic carbocycles. The van der Waals surface area contributed by atoms with E-state index in [1.54, 1.807) is 12.3 Å². The fourth-order valence-electron chi connectivity index (χ4n) is 1.83. The van der Waals surface area contributed by atoms with Gasteiger partial charge in [0.05, 0.1) is 11.7 Å². The molecule has 18 heavy (non-hydrogen) atoms. The number of nitrogens with two attached hydrogens (primary N) is 1. The minimum absolute atomic E-state index is 0.277. The first-order valence-electron chi connectivity index (χ1n) is 5.34. The molecule has 3 aromatic rings. The molecule has 3 aromatic heterocycles. The van der Waals surface area contributed by atoms with E-state index in [4.69, 9.17) is 5.73 Å². The zero-order chi connectivity index (χ0) is 12.7. The van der Waals surface area contributed by atoms with E-state index >= 15 is 0 Å². The number of nitrogens with zero attached hydrogens (tertiary/aromatic N) is 5. The maximum Gasteiger partial charge on any atom is 0.232 e. The van der Waals surface area contributed by atoms with Crippen LogP contribution in [-0.2, 0) is 0 Å². The van der Waals surface area contributed by atoms with Crippen LogP contribution in [0.4, 0.5) is 5.95 Å². The smallest absolute Gasteiger partial charge is 0.232 e. The van der Waals surface area contributed by atoms with E-state index < -0.39 is 0 Å². The number of nitrogens with one attached hydrogen (secondary N) is 1. The molecule has 3 rings (SSSR count). The van der Waals surface area contributed by atoms with E-state index in [1.807, 2.05) is 6.92 Å². The number of pyridine rings is 1. The molecule has 0 saturated heterocycles. The Kier molecular flexibility index (Phi) is 2.12. The highest BCUT2D eigenvalue weighted by atomic mass is 15.4. The first-order valence-corrected chi connectivity index (χ1v) is 5.34. The summed E-state index contributed by atoms with van der Waals surface area (Å²) in [6.07, 6.45) is 4.84. The molecule has 0 fully saturated rings. The van der Waals surface area contributed by atoms with Gasteiger partial charge in [-0.2, -0.15) is 14.8 Å². The van der Waals surface area contributed by atoms with Gasteiger partial charge < -0.3 is 10.7 Å². The first-order chi connectivity index (χ1) is 8.70. The average molecular weight is 241 g/mol. The van der Waals surface area contributed by atoms with Crippen LogP contribution in [0.25, 0.3) is 23.1 Å². The van der Waals surface area contributed by atoms with Crippen molar-refractivity contribution in [1.29, 1.82) is 0 Å². The third kappa shape index (κ3) is 1.37. The number of rotatable bonds is 2. The fraction of sp³-hybridized carbons (Fsp3) is 0.0909. The van der Waals surface area contributed by atoms with Gasteiger partial charge in [0, 0.05) is 11.3 Å². The van der Waals surface area contributed by atoms with E-state index in [1.165, 1.54) is 11.0 Å². The van der Waals surface area contributed by atoms with Crippen LogP contribution in [0.2, 0.25) is 0 Å². The van der Waals surface area contributed by atoms with Crippen molar-refractivity contribution in [3.8, 4) is 5.95 Å². The van der Waals surface area contributed by atoms with E-state index in [9.17, 15) is 0 Å². The lowest BCUT2D eigenvalue weighted by Gasteiger charge is -1.98. The number of hydrogen-bond acceptors (Lipinski definition) is 5. The highest BCUT2D eigenvalue weighted by Crippen LogP contribution is 2.20. The summed E-state index contributed by atoms with van der Waals surface area (Å²) in [6, 6.07) is 0. The standard InChI is InChI=1S/C11H11N7/c1-3-7-6(2)13-4-8-9(7)17-11(16-8)18-10(12)14-5-15-18/h3-5H,1H2,2H3,(H,16,17)(H2,12,14,15). The first kappa shape index (κ1) is 10.5. The molecule has 90 valence electrons. The summed E-state index contributed by atoms with van der Waals surface area (Å²) in [7, 11) is 0. The molecule has 3 N–H and O–H groups in total. The lowest BCUT2D eigenvalue weighted by Crippen LogP contribution is -2.03. The summed E-state index contributed by atoms with van der Waals surface area (Å²) in [4.78, 5) is 15.7. The van der Waals surface area contributed by atoms with Gasteiger partial charge in [-0.05, 0) is 6.92 Å². The minimum Gasteiger partial charge on any atom is -0.368 e. The number of aryl methyl sites for hydroxylation is 1. The minimum atomic E-state index is 0.277. The molecule has 0 aliphatic carbocycles. The topological polar surface area (TPSA) is 98.3 Å². The molecule has 0 aliphatic heterocycles. The summed E-state index contributed by atoms with van der Waals surface area (Å²) in [5, 5.41) is 4.00. The maximum atomic E-state index is 5.69. The molecule has 0 spiro atoms. The molecular formula is C11H11N7. The Balaban J connectivity index is 2.29. The predicted molar refractivity (Wildman–Crippen MR) is 68.0 cm³/mol. The van der Waals surface area contributed by atoms with Crippen molar-refractivity contribution in [1.82, 2.24) is 29.7 Å². The second-order valence-electron chi connectivity index (χ2n) is 3.81. The van der Waals surface area contributed by atoms with Gasteiger partial charge in [0.15, 0.2) is 0 Å². The van der Waals surface area contributed by atoms with Crippen LogP contribution < -0.4 is 5.73 Å². The Morgan fingerprint density at radius 3 is 2.94 bits per heavy atom. The molecule has 0 unspecified atom stereocenters. The quantitative estimate of drug-likeness (QED) is 0.699. The van der Waals surface area contributed by atoms with E-state index in [0.717, 1.165) is 22.3 Å². The molecule has 0 bridgehead atoms. The summed E-state index contributed by atoms with van der Waals surface area (Å²) in [5.41, 5.74) is 9.06. The highest BCUT2D eigenvalue weighted by Gasteiger charge is 2.12. The molecule has 0 radical (unpaired) electrons. The molecule has 3 heterocycles. The van der Waals surface area contributed by atoms with Gasteiger partial charge in [0.25, 0.3) is 0 Å². The lowest BCUT2D eigenvalue weighted by atomic mass is 10.2. The molecule has 0 amide bonds. The Morgan fingerprint density at radius 1 is 1.44 bits per heavy atom. The molecular weight excluding hydrogens is 230 g/mol. The number of nitrogen functional groups attached to an aromatic ring is 1. The molecule has 0 saturated carbocycles. The number of anilines is 1. The van der Waals surface area contributed by atoms with Crippen LogP contribution in [0.3, 0.4) is 0 Å². The van der Waals surface area contributed by atoms with Gasteiger partial charge >= 0.3 is 0 Å². The van der Waals surface area contributed by atoms with Crippen LogP contribution in [0.1, 0.15) is 11.3 Å². The Bertz CT molecular complexity index is 737. The zero-order valence-corrected chi connectivity index (χ0v) is 9.75. The highest BCUT2D eigenvalue weighted by molar-refractivity contribution is 5.85. The van der Waals surface area contributed by atoms with Crippen molar-refractivity contribution in [2.75, 3.05) is 5.73 Å². The van der Waals surface area contributed by atoms with E-state index in [0.29, 0.717) is 5.95 Å². The zero-order valence-electron chi connectivity index (χ0n) is 9.75. The van der Waals surface area contributed by atoms with Gasteiger partial charge in [-0.25, -0.2) is 4.98 Å². The lowest BCUT2D eigenvalue weighted by molar-refractivity contribution is 0.838.